The fraction of sp³-hybridized carbons (Fsp3) is 0.714. The first kappa shape index (κ1) is 11.9. The number of hydrogen-bond donors (Lipinski definition) is 1. The van der Waals surface area contributed by atoms with Crippen LogP contribution < -0.4 is 4.90 Å². The number of aliphatic hydroxyl groups excluding tert-OH is 1. The summed E-state index contributed by atoms with van der Waals surface area (Å²) in [6.45, 7) is 8.47. The van der Waals surface area contributed by atoms with E-state index in [0.29, 0.717) is 5.41 Å². The van der Waals surface area contributed by atoms with Gasteiger partial charge in [-0.3, -0.25) is 0 Å². The Morgan fingerprint density at radius 3 is 2.33 bits per heavy atom. The fourth-order valence-electron chi connectivity index (χ4n) is 3.02. The normalized spacial score (nSPS) is 22.8. The van der Waals surface area contributed by atoms with Gasteiger partial charge in [0.2, 0.25) is 0 Å². The van der Waals surface area contributed by atoms with E-state index in [1.807, 2.05) is 0 Å². The Hall–Kier alpha value is -1.16. The van der Waals surface area contributed by atoms with Gasteiger partial charge in [-0.05, 0) is 25.0 Å². The van der Waals surface area contributed by atoms with E-state index in [4.69, 9.17) is 0 Å². The molecule has 2 heterocycles. The molecule has 1 aliphatic heterocycles. The van der Waals surface area contributed by atoms with Crippen LogP contribution >= 0.6 is 0 Å². The Bertz CT molecular complexity index is 435. The van der Waals surface area contributed by atoms with E-state index in [1.54, 1.807) is 0 Å². The van der Waals surface area contributed by atoms with Crippen LogP contribution in [0.15, 0.2) is 12.1 Å². The van der Waals surface area contributed by atoms with Crippen molar-refractivity contribution < 1.29 is 5.11 Å². The second-order valence-corrected chi connectivity index (χ2v) is 6.94. The second kappa shape index (κ2) is 3.67. The van der Waals surface area contributed by atoms with E-state index in [2.05, 4.69) is 48.0 Å². The van der Waals surface area contributed by atoms with Gasteiger partial charge < -0.3 is 10.0 Å². The predicted octanol–water partition coefficient (Wildman–Crippen LogP) is 1.74. The van der Waals surface area contributed by atoms with Crippen LogP contribution in [0, 0.1) is 5.41 Å². The van der Waals surface area contributed by atoms with Crippen LogP contribution in [-0.4, -0.2) is 34.5 Å². The number of nitrogens with zero attached hydrogens (tertiary/aromatic N) is 3. The van der Waals surface area contributed by atoms with Gasteiger partial charge in [0.15, 0.2) is 5.82 Å². The third-order valence-electron chi connectivity index (χ3n) is 4.13. The van der Waals surface area contributed by atoms with Crippen LogP contribution in [0.25, 0.3) is 0 Å². The second-order valence-electron chi connectivity index (χ2n) is 6.94. The first-order valence-electron chi connectivity index (χ1n) is 6.65. The molecule has 0 bridgehead atoms. The third kappa shape index (κ3) is 1.88. The fourth-order valence-corrected chi connectivity index (χ4v) is 3.02. The average Bonchev–Trinajstić information content (AvgIpc) is 2.20. The molecular weight excluding hydrogens is 226 g/mol. The third-order valence-corrected chi connectivity index (χ3v) is 4.13. The smallest absolute Gasteiger partial charge is 0.151 e. The highest BCUT2D eigenvalue weighted by Gasteiger charge is 2.52. The SMILES string of the molecule is CC(C)(C)c1ccc(N2CC3(CC(O)C3)C2)nn1. The zero-order valence-corrected chi connectivity index (χ0v) is 11.3. The lowest BCUT2D eigenvalue weighted by Crippen LogP contribution is -2.64. The monoisotopic (exact) mass is 247 g/mol. The molecule has 1 spiro atoms. The van der Waals surface area contributed by atoms with E-state index in [1.165, 1.54) is 0 Å². The van der Waals surface area contributed by atoms with Crippen LogP contribution in [0.3, 0.4) is 0 Å². The van der Waals surface area contributed by atoms with Gasteiger partial charge >= 0.3 is 0 Å². The van der Waals surface area contributed by atoms with E-state index in [9.17, 15) is 5.11 Å². The summed E-state index contributed by atoms with van der Waals surface area (Å²) in [6.07, 6.45) is 1.84. The summed E-state index contributed by atoms with van der Waals surface area (Å²) in [7, 11) is 0. The molecule has 2 fully saturated rings. The maximum Gasteiger partial charge on any atom is 0.151 e. The molecule has 0 unspecified atom stereocenters. The van der Waals surface area contributed by atoms with Crippen LogP contribution in [0.2, 0.25) is 0 Å². The molecule has 1 saturated carbocycles. The lowest BCUT2D eigenvalue weighted by molar-refractivity contribution is -0.0495. The Balaban J connectivity index is 1.65. The standard InChI is InChI=1S/C14H21N3O/c1-13(2,3)11-4-5-12(16-15-11)17-8-14(9-17)6-10(18)7-14/h4-5,10,18H,6-9H2,1-3H3. The lowest BCUT2D eigenvalue weighted by Gasteiger charge is -2.58. The minimum absolute atomic E-state index is 0.0553. The summed E-state index contributed by atoms with van der Waals surface area (Å²) in [5.74, 6) is 0.968. The van der Waals surface area contributed by atoms with Crippen LogP contribution in [-0.2, 0) is 5.41 Å². The highest BCUT2D eigenvalue weighted by Crippen LogP contribution is 2.49. The highest BCUT2D eigenvalue weighted by atomic mass is 16.3. The number of aromatic nitrogens is 2. The van der Waals surface area contributed by atoms with Crippen molar-refractivity contribution >= 4 is 5.82 Å². The maximum absolute atomic E-state index is 9.38. The molecule has 98 valence electrons. The molecule has 4 heteroatoms. The number of anilines is 1. The molecular formula is C14H21N3O. The van der Waals surface area contributed by atoms with Crippen molar-refractivity contribution in [2.75, 3.05) is 18.0 Å². The molecule has 0 radical (unpaired) electrons. The van der Waals surface area contributed by atoms with E-state index >= 15 is 0 Å². The minimum atomic E-state index is -0.0681. The molecule has 4 nitrogen and oxygen atoms in total. The number of aliphatic hydroxyl groups is 1. The predicted molar refractivity (Wildman–Crippen MR) is 70.6 cm³/mol. The highest BCUT2D eigenvalue weighted by molar-refractivity contribution is 5.43. The summed E-state index contributed by atoms with van der Waals surface area (Å²) in [6, 6.07) is 4.14. The van der Waals surface area contributed by atoms with E-state index < -0.39 is 0 Å². The summed E-state index contributed by atoms with van der Waals surface area (Å²) < 4.78 is 0. The first-order valence-corrected chi connectivity index (χ1v) is 6.65. The molecule has 18 heavy (non-hydrogen) atoms. The average molecular weight is 247 g/mol. The topological polar surface area (TPSA) is 49.2 Å². The van der Waals surface area contributed by atoms with Gasteiger partial charge in [-0.1, -0.05) is 20.8 Å². The van der Waals surface area contributed by atoms with Gasteiger partial charge in [-0.25, -0.2) is 0 Å². The lowest BCUT2D eigenvalue weighted by atomic mass is 9.62. The number of rotatable bonds is 1. The first-order chi connectivity index (χ1) is 8.38. The summed E-state index contributed by atoms with van der Waals surface area (Å²) in [5.41, 5.74) is 1.46. The quantitative estimate of drug-likeness (QED) is 0.821. The molecule has 1 aromatic heterocycles. The van der Waals surface area contributed by atoms with Gasteiger partial charge in [-0.15, -0.1) is 5.10 Å². The Morgan fingerprint density at radius 2 is 1.89 bits per heavy atom. The van der Waals surface area contributed by atoms with Crippen molar-refractivity contribution in [3.63, 3.8) is 0 Å². The summed E-state index contributed by atoms with van der Waals surface area (Å²) >= 11 is 0. The van der Waals surface area contributed by atoms with Crippen molar-refractivity contribution in [3.05, 3.63) is 17.8 Å². The number of hydrogen-bond acceptors (Lipinski definition) is 4. The van der Waals surface area contributed by atoms with Gasteiger partial charge in [0.25, 0.3) is 0 Å². The molecule has 3 rings (SSSR count). The maximum atomic E-state index is 9.38. The van der Waals surface area contributed by atoms with E-state index in [-0.39, 0.29) is 11.5 Å². The molecule has 1 saturated heterocycles. The Morgan fingerprint density at radius 1 is 1.22 bits per heavy atom. The van der Waals surface area contributed by atoms with Crippen LogP contribution in [0.5, 0.6) is 0 Å². The molecule has 1 aromatic rings. The van der Waals surface area contributed by atoms with Gasteiger partial charge in [-0.2, -0.15) is 5.10 Å². The molecule has 1 aliphatic carbocycles. The molecule has 0 aromatic carbocycles. The zero-order chi connectivity index (χ0) is 13.0. The Labute approximate surface area is 108 Å². The van der Waals surface area contributed by atoms with Gasteiger partial charge in [0.1, 0.15) is 0 Å². The van der Waals surface area contributed by atoms with Gasteiger partial charge in [0, 0.05) is 23.9 Å². The zero-order valence-electron chi connectivity index (χ0n) is 11.3. The van der Waals surface area contributed by atoms with Gasteiger partial charge in [0.05, 0.1) is 11.8 Å². The Kier molecular flexibility index (Phi) is 2.43. The van der Waals surface area contributed by atoms with E-state index in [0.717, 1.165) is 37.4 Å². The van der Waals surface area contributed by atoms with Crippen molar-refractivity contribution in [3.8, 4) is 0 Å². The van der Waals surface area contributed by atoms with Crippen molar-refractivity contribution in [1.29, 1.82) is 0 Å². The van der Waals surface area contributed by atoms with Crippen molar-refractivity contribution in [2.45, 2.75) is 45.1 Å². The summed E-state index contributed by atoms with van der Waals surface area (Å²) in [5, 5.41) is 18.0. The minimum Gasteiger partial charge on any atom is -0.393 e. The largest absolute Gasteiger partial charge is 0.393 e. The molecule has 2 aliphatic rings. The van der Waals surface area contributed by atoms with Crippen molar-refractivity contribution in [1.82, 2.24) is 10.2 Å². The van der Waals surface area contributed by atoms with Crippen LogP contribution in [0.1, 0.15) is 39.3 Å². The summed E-state index contributed by atoms with van der Waals surface area (Å²) in [4.78, 5) is 2.26. The molecule has 0 amide bonds. The van der Waals surface area contributed by atoms with Crippen molar-refractivity contribution in [2.24, 2.45) is 5.41 Å². The van der Waals surface area contributed by atoms with Crippen LogP contribution in [0.4, 0.5) is 5.82 Å². The molecule has 1 N–H and O–H groups in total. The molecule has 0 atom stereocenters.